The molecule has 0 saturated carbocycles. The molecule has 1 aliphatic carbocycles. The van der Waals surface area contributed by atoms with Gasteiger partial charge in [-0.15, -0.1) is 0 Å². The van der Waals surface area contributed by atoms with E-state index < -0.39 is 5.97 Å². The zero-order valence-corrected chi connectivity index (χ0v) is 14.1. The van der Waals surface area contributed by atoms with Crippen molar-refractivity contribution in [2.24, 2.45) is 5.73 Å². The lowest BCUT2D eigenvalue weighted by atomic mass is 9.89. The fourth-order valence-corrected chi connectivity index (χ4v) is 3.35. The third-order valence-corrected chi connectivity index (χ3v) is 4.56. The van der Waals surface area contributed by atoms with E-state index in [9.17, 15) is 19.8 Å². The zero-order valence-electron chi connectivity index (χ0n) is 14.1. The van der Waals surface area contributed by atoms with Crippen molar-refractivity contribution >= 4 is 16.9 Å². The minimum absolute atomic E-state index is 0.00403. The van der Waals surface area contributed by atoms with Crippen LogP contribution >= 0.6 is 0 Å². The summed E-state index contributed by atoms with van der Waals surface area (Å²) in [5, 5.41) is 20.1. The molecule has 0 aromatic heterocycles. The van der Waals surface area contributed by atoms with Crippen LogP contribution in [0.2, 0.25) is 0 Å². The number of benzene rings is 3. The van der Waals surface area contributed by atoms with Crippen molar-refractivity contribution in [3.63, 3.8) is 0 Å². The molecule has 2 aliphatic rings. The Kier molecular flexibility index (Phi) is 3.90. The molecule has 6 heteroatoms. The van der Waals surface area contributed by atoms with Crippen LogP contribution in [0.4, 0.5) is 0 Å². The Bertz CT molecular complexity index is 1230. The standard InChI is InChI=1S/C21H15NO5/c22-10-16-17(24)8-7-15-19(12-3-1-2-4-13(12)21(25)26)14-6-5-11(23)9-18(14)27-20(15)16/h1-9,23H,10,22H2,(H,25,26). The Morgan fingerprint density at radius 1 is 1.04 bits per heavy atom. The molecule has 0 spiro atoms. The van der Waals surface area contributed by atoms with Crippen molar-refractivity contribution in [3.8, 4) is 28.2 Å². The summed E-state index contributed by atoms with van der Waals surface area (Å²) in [6.07, 6.45) is 0. The fourth-order valence-electron chi connectivity index (χ4n) is 3.35. The molecule has 1 heterocycles. The summed E-state index contributed by atoms with van der Waals surface area (Å²) in [4.78, 5) is 24.0. The minimum atomic E-state index is -1.06. The van der Waals surface area contributed by atoms with Crippen molar-refractivity contribution in [1.82, 2.24) is 0 Å². The van der Waals surface area contributed by atoms with Gasteiger partial charge in [0.25, 0.3) is 0 Å². The van der Waals surface area contributed by atoms with Crippen molar-refractivity contribution in [2.75, 3.05) is 0 Å². The van der Waals surface area contributed by atoms with Gasteiger partial charge in [0.2, 0.25) is 0 Å². The molecule has 6 nitrogen and oxygen atoms in total. The molecule has 2 aromatic rings. The summed E-state index contributed by atoms with van der Waals surface area (Å²) >= 11 is 0. The zero-order chi connectivity index (χ0) is 19.1. The minimum Gasteiger partial charge on any atom is -0.508 e. The van der Waals surface area contributed by atoms with Crippen molar-refractivity contribution in [1.29, 1.82) is 0 Å². The number of carboxylic acids is 1. The summed E-state index contributed by atoms with van der Waals surface area (Å²) < 4.78 is 5.90. The van der Waals surface area contributed by atoms with E-state index in [0.29, 0.717) is 39.0 Å². The summed E-state index contributed by atoms with van der Waals surface area (Å²) in [7, 11) is 0. The summed E-state index contributed by atoms with van der Waals surface area (Å²) in [5.74, 6) is -0.778. The van der Waals surface area contributed by atoms with Gasteiger partial charge in [-0.2, -0.15) is 0 Å². The largest absolute Gasteiger partial charge is 0.508 e. The van der Waals surface area contributed by atoms with Crippen molar-refractivity contribution in [2.45, 2.75) is 6.54 Å². The molecule has 0 bridgehead atoms. The fraction of sp³-hybridized carbons (Fsp3) is 0.0476. The molecule has 4 rings (SSSR count). The Balaban J connectivity index is 2.24. The monoisotopic (exact) mass is 361 g/mol. The van der Waals surface area contributed by atoms with Gasteiger partial charge in [-0.1, -0.05) is 18.2 Å². The second kappa shape index (κ2) is 6.26. The number of aromatic carboxylic acids is 1. The van der Waals surface area contributed by atoms with E-state index in [1.54, 1.807) is 30.3 Å². The highest BCUT2D eigenvalue weighted by Crippen LogP contribution is 2.42. The number of hydrogen-bond acceptors (Lipinski definition) is 5. The van der Waals surface area contributed by atoms with E-state index in [2.05, 4.69) is 0 Å². The van der Waals surface area contributed by atoms with E-state index in [-0.39, 0.29) is 23.3 Å². The van der Waals surface area contributed by atoms with Crippen molar-refractivity contribution in [3.05, 3.63) is 75.9 Å². The van der Waals surface area contributed by atoms with Gasteiger partial charge in [-0.05, 0) is 35.9 Å². The second-order valence-electron chi connectivity index (χ2n) is 6.13. The lowest BCUT2D eigenvalue weighted by Crippen LogP contribution is -2.14. The smallest absolute Gasteiger partial charge is 0.336 e. The third kappa shape index (κ3) is 2.63. The number of carbonyl (C=O) groups is 1. The summed E-state index contributed by atoms with van der Waals surface area (Å²) in [6.45, 7) is -0.0238. The number of fused-ring (bicyclic) bond motifs is 2. The van der Waals surface area contributed by atoms with Gasteiger partial charge in [-0.3, -0.25) is 4.79 Å². The number of phenols is 1. The van der Waals surface area contributed by atoms with Crippen LogP contribution in [0.15, 0.2) is 63.8 Å². The van der Waals surface area contributed by atoms with E-state index >= 15 is 0 Å². The first-order valence-corrected chi connectivity index (χ1v) is 8.25. The van der Waals surface area contributed by atoms with Crippen LogP contribution < -0.4 is 11.2 Å². The average molecular weight is 361 g/mol. The predicted octanol–water partition coefficient (Wildman–Crippen LogP) is 3.43. The SMILES string of the molecule is NCc1c2oc3cc(O)ccc3c(-c3ccccc3C(=O)O)c-2ccc1=O. The van der Waals surface area contributed by atoms with Crippen LogP contribution in [0, 0.1) is 0 Å². The Labute approximate surface area is 153 Å². The van der Waals surface area contributed by atoms with Crippen LogP contribution in [0.1, 0.15) is 15.9 Å². The maximum atomic E-state index is 12.2. The molecule has 0 amide bonds. The third-order valence-electron chi connectivity index (χ3n) is 4.56. The Morgan fingerprint density at radius 2 is 1.81 bits per heavy atom. The van der Waals surface area contributed by atoms with E-state index in [1.807, 2.05) is 0 Å². The quantitative estimate of drug-likeness (QED) is 0.482. The highest BCUT2D eigenvalue weighted by atomic mass is 16.4. The van der Waals surface area contributed by atoms with Gasteiger partial charge in [0, 0.05) is 29.1 Å². The first kappa shape index (κ1) is 16.8. The first-order valence-electron chi connectivity index (χ1n) is 8.25. The van der Waals surface area contributed by atoms with Crippen LogP contribution in [0.25, 0.3) is 33.4 Å². The number of rotatable bonds is 3. The molecule has 0 radical (unpaired) electrons. The molecular weight excluding hydrogens is 346 g/mol. The average Bonchev–Trinajstić information content (AvgIpc) is 2.66. The molecule has 134 valence electrons. The number of carboxylic acid groups (broad SMARTS) is 1. The van der Waals surface area contributed by atoms with Crippen LogP contribution in [0.3, 0.4) is 0 Å². The maximum Gasteiger partial charge on any atom is 0.336 e. The molecule has 2 aromatic carbocycles. The van der Waals surface area contributed by atoms with Gasteiger partial charge >= 0.3 is 5.97 Å². The Morgan fingerprint density at radius 3 is 2.56 bits per heavy atom. The van der Waals surface area contributed by atoms with Crippen molar-refractivity contribution < 1.29 is 19.4 Å². The van der Waals surface area contributed by atoms with Crippen LogP contribution in [-0.2, 0) is 6.54 Å². The van der Waals surface area contributed by atoms with Gasteiger partial charge in [-0.25, -0.2) is 4.79 Å². The molecule has 4 N–H and O–H groups in total. The predicted molar refractivity (Wildman–Crippen MR) is 101 cm³/mol. The second-order valence-corrected chi connectivity index (χ2v) is 6.13. The van der Waals surface area contributed by atoms with Gasteiger partial charge in [0.1, 0.15) is 17.1 Å². The number of aromatic hydroxyl groups is 1. The topological polar surface area (TPSA) is 114 Å². The summed E-state index contributed by atoms with van der Waals surface area (Å²) in [6, 6.07) is 14.2. The van der Waals surface area contributed by atoms with Gasteiger partial charge in [0.05, 0.1) is 11.1 Å². The summed E-state index contributed by atoms with van der Waals surface area (Å²) in [5.41, 5.74) is 7.93. The molecule has 0 saturated heterocycles. The Hall–Kier alpha value is -3.64. The van der Waals surface area contributed by atoms with Crippen LogP contribution in [0.5, 0.6) is 5.75 Å². The normalized spacial score (nSPS) is 11.1. The molecule has 0 atom stereocenters. The highest BCUT2D eigenvalue weighted by Gasteiger charge is 2.23. The number of nitrogens with two attached hydrogens (primary N) is 1. The van der Waals surface area contributed by atoms with E-state index in [0.717, 1.165) is 0 Å². The van der Waals surface area contributed by atoms with E-state index in [1.165, 1.54) is 24.3 Å². The molecule has 0 fully saturated rings. The lowest BCUT2D eigenvalue weighted by molar-refractivity contribution is 0.0697. The molecule has 27 heavy (non-hydrogen) atoms. The highest BCUT2D eigenvalue weighted by molar-refractivity contribution is 6.07. The van der Waals surface area contributed by atoms with Gasteiger partial charge < -0.3 is 20.4 Å². The lowest BCUT2D eigenvalue weighted by Gasteiger charge is -2.18. The maximum absolute atomic E-state index is 12.2. The number of hydrogen-bond donors (Lipinski definition) is 3. The molecular formula is C21H15NO5. The molecule has 1 aliphatic heterocycles. The molecule has 0 unspecified atom stereocenters. The van der Waals surface area contributed by atoms with Crippen LogP contribution in [-0.4, -0.2) is 16.2 Å². The van der Waals surface area contributed by atoms with E-state index in [4.69, 9.17) is 10.2 Å². The van der Waals surface area contributed by atoms with Gasteiger partial charge in [0.15, 0.2) is 5.43 Å². The number of phenolic OH excluding ortho intramolecular Hbond substituents is 1. The first-order chi connectivity index (χ1) is 13.0.